The summed E-state index contributed by atoms with van der Waals surface area (Å²) in [5, 5.41) is 11.8. The van der Waals surface area contributed by atoms with E-state index in [1.54, 1.807) is 0 Å². The SMILES string of the molecule is Cc1ccc(N(c2cccc(C(C)(C)C)c2)c2ccc3c(c2)sc2cc4cc5c(cc4cc23)c2cc(C(C)(C)C)cc3c4ccc(N(c6ccc([Si](C)(C)C)cc6)c6cccc(C(C)(C)C)c6)cc4n5c32)cc1. The van der Waals surface area contributed by atoms with E-state index in [0.717, 1.165) is 17.1 Å². The van der Waals surface area contributed by atoms with Crippen molar-refractivity contribution in [2.45, 2.75) is 105 Å². The highest BCUT2D eigenvalue weighted by Gasteiger charge is 2.26. The third kappa shape index (κ3) is 8.07. The highest BCUT2D eigenvalue weighted by atomic mass is 32.1. The standard InChI is InChI=1S/C68H67N3SSi/c1-42-20-22-48(23-21-42)70(51-19-15-17-46(37-51)67(5,6)7)53-27-31-56-58-33-43-32-57-60-39-47(68(8,9)10)38-59-55-30-26-52(40-62(55)71(65(59)60)61(57)34-44(43)35-63(58)72-64(56)41-53)69(49-24-28-54(29-25-49)73(11,12)13)50-18-14-16-45(36-50)66(2,3)4/h14-41H,1-13H3. The maximum atomic E-state index is 2.58. The number of nitrogens with zero attached hydrogens (tertiary/aromatic N) is 3. The summed E-state index contributed by atoms with van der Waals surface area (Å²) in [7, 11) is -1.50. The summed E-state index contributed by atoms with van der Waals surface area (Å²) in [4.78, 5) is 4.89. The van der Waals surface area contributed by atoms with Gasteiger partial charge in [-0.3, -0.25) is 0 Å². The topological polar surface area (TPSA) is 10.9 Å². The molecule has 0 bridgehead atoms. The Kier molecular flexibility index (Phi) is 10.7. The lowest BCUT2D eigenvalue weighted by Gasteiger charge is -2.28. The normalized spacial score (nSPS) is 13.0. The molecule has 0 unspecified atom stereocenters. The van der Waals surface area contributed by atoms with Gasteiger partial charge in [0.25, 0.3) is 0 Å². The number of anilines is 6. The third-order valence-corrected chi connectivity index (χ3v) is 18.7. The molecule has 0 aliphatic carbocycles. The molecule has 0 fully saturated rings. The first kappa shape index (κ1) is 47.1. The van der Waals surface area contributed by atoms with Crippen LogP contribution in [0.1, 0.15) is 84.6 Å². The first-order chi connectivity index (χ1) is 34.6. The van der Waals surface area contributed by atoms with E-state index in [1.807, 2.05) is 11.3 Å². The van der Waals surface area contributed by atoms with Gasteiger partial charge in [0.05, 0.1) is 24.6 Å². The van der Waals surface area contributed by atoms with Gasteiger partial charge in [0, 0.05) is 75.8 Å². The lowest BCUT2D eigenvalue weighted by Crippen LogP contribution is -2.37. The van der Waals surface area contributed by atoms with Crippen molar-refractivity contribution in [1.29, 1.82) is 0 Å². The van der Waals surface area contributed by atoms with Crippen LogP contribution in [0.15, 0.2) is 170 Å². The third-order valence-electron chi connectivity index (χ3n) is 15.5. The maximum Gasteiger partial charge on any atom is 0.0775 e. The predicted octanol–water partition coefficient (Wildman–Crippen LogP) is 20.0. The van der Waals surface area contributed by atoms with Crippen LogP contribution in [0.4, 0.5) is 34.1 Å². The Hall–Kier alpha value is -6.92. The minimum absolute atomic E-state index is 0.0124. The van der Waals surface area contributed by atoms with Crippen molar-refractivity contribution in [3.8, 4) is 0 Å². The van der Waals surface area contributed by atoms with Gasteiger partial charge in [-0.2, -0.15) is 0 Å². The van der Waals surface area contributed by atoms with Crippen molar-refractivity contribution < 1.29 is 0 Å². The Labute approximate surface area is 436 Å². The zero-order chi connectivity index (χ0) is 51.1. The summed E-state index contributed by atoms with van der Waals surface area (Å²) in [6.07, 6.45) is 0. The van der Waals surface area contributed by atoms with Gasteiger partial charge in [-0.05, 0) is 160 Å². The van der Waals surface area contributed by atoms with Crippen LogP contribution in [0.3, 0.4) is 0 Å². The minimum atomic E-state index is -1.50. The maximum absolute atomic E-state index is 2.58. The summed E-state index contributed by atoms with van der Waals surface area (Å²) in [5.74, 6) is 0. The molecule has 0 aliphatic heterocycles. The van der Waals surface area contributed by atoms with Crippen molar-refractivity contribution in [3.63, 3.8) is 0 Å². The molecule has 0 N–H and O–H groups in total. The van der Waals surface area contributed by atoms with Crippen LogP contribution in [0, 0.1) is 6.92 Å². The van der Waals surface area contributed by atoms with Crippen LogP contribution in [-0.4, -0.2) is 12.5 Å². The van der Waals surface area contributed by atoms with Gasteiger partial charge in [0.2, 0.25) is 0 Å². The van der Waals surface area contributed by atoms with E-state index >= 15 is 0 Å². The van der Waals surface area contributed by atoms with E-state index in [1.165, 1.54) is 114 Å². The van der Waals surface area contributed by atoms with Gasteiger partial charge in [-0.25, -0.2) is 0 Å². The molecule has 0 amide bonds. The first-order valence-electron chi connectivity index (χ1n) is 26.1. The molecule has 0 saturated carbocycles. The van der Waals surface area contributed by atoms with E-state index in [9.17, 15) is 0 Å². The number of hydrogen-bond acceptors (Lipinski definition) is 3. The molecule has 0 aliphatic rings. The summed E-state index contributed by atoms with van der Waals surface area (Å²) < 4.78 is 5.18. The van der Waals surface area contributed by atoms with E-state index in [-0.39, 0.29) is 16.2 Å². The fourth-order valence-electron chi connectivity index (χ4n) is 11.2. The van der Waals surface area contributed by atoms with E-state index in [2.05, 4.69) is 273 Å². The van der Waals surface area contributed by atoms with Gasteiger partial charge in [0.1, 0.15) is 0 Å². The lowest BCUT2D eigenvalue weighted by molar-refractivity contribution is 0.590. The number of thiophene rings is 1. The molecule has 5 heteroatoms. The fraction of sp³-hybridized carbons (Fsp3) is 0.235. The van der Waals surface area contributed by atoms with Gasteiger partial charge in [-0.15, -0.1) is 11.3 Å². The summed E-state index contributed by atoms with van der Waals surface area (Å²) >= 11 is 1.90. The van der Waals surface area contributed by atoms with Crippen molar-refractivity contribution in [2.24, 2.45) is 0 Å². The van der Waals surface area contributed by atoms with E-state index < -0.39 is 8.07 Å². The number of rotatable bonds is 7. The van der Waals surface area contributed by atoms with Crippen molar-refractivity contribution in [1.82, 2.24) is 4.40 Å². The Morgan fingerprint density at radius 3 is 1.42 bits per heavy atom. The zero-order valence-corrected chi connectivity index (χ0v) is 46.7. The molecule has 3 heterocycles. The highest BCUT2D eigenvalue weighted by Crippen LogP contribution is 2.48. The Morgan fingerprint density at radius 2 is 0.849 bits per heavy atom. The second-order valence-corrected chi connectivity index (χ2v) is 31.1. The van der Waals surface area contributed by atoms with Gasteiger partial charge in [-0.1, -0.05) is 153 Å². The molecular formula is C68H67N3SSi. The number of fused-ring (bicyclic) bond motifs is 10. The van der Waals surface area contributed by atoms with Gasteiger partial charge < -0.3 is 14.2 Å². The smallest absolute Gasteiger partial charge is 0.0775 e. The zero-order valence-electron chi connectivity index (χ0n) is 44.9. The molecule has 9 aromatic carbocycles. The minimum Gasteiger partial charge on any atom is -0.310 e. The molecule has 0 atom stereocenters. The van der Waals surface area contributed by atoms with Crippen molar-refractivity contribution >= 4 is 128 Å². The Morgan fingerprint density at radius 1 is 0.384 bits per heavy atom. The molecule has 364 valence electrons. The molecule has 0 radical (unpaired) electrons. The van der Waals surface area contributed by atoms with Crippen LogP contribution in [0.5, 0.6) is 0 Å². The summed E-state index contributed by atoms with van der Waals surface area (Å²) in [6.45, 7) is 30.3. The van der Waals surface area contributed by atoms with E-state index in [4.69, 9.17) is 0 Å². The van der Waals surface area contributed by atoms with Crippen LogP contribution in [-0.2, 0) is 16.2 Å². The highest BCUT2D eigenvalue weighted by molar-refractivity contribution is 7.26. The Balaban J connectivity index is 1.06. The lowest BCUT2D eigenvalue weighted by atomic mass is 9.85. The average molecular weight is 986 g/mol. The molecule has 73 heavy (non-hydrogen) atoms. The molecule has 3 nitrogen and oxygen atoms in total. The number of aromatic nitrogens is 1. The summed E-state index contributed by atoms with van der Waals surface area (Å²) in [6, 6.07) is 65.7. The number of aryl methyl sites for hydroxylation is 1. The molecule has 12 rings (SSSR count). The van der Waals surface area contributed by atoms with E-state index in [0.29, 0.717) is 0 Å². The largest absolute Gasteiger partial charge is 0.310 e. The van der Waals surface area contributed by atoms with Crippen LogP contribution in [0.2, 0.25) is 19.6 Å². The van der Waals surface area contributed by atoms with Crippen molar-refractivity contribution in [3.05, 3.63) is 192 Å². The van der Waals surface area contributed by atoms with Crippen LogP contribution < -0.4 is 15.0 Å². The average Bonchev–Trinajstić information content (AvgIpc) is 3.98. The second kappa shape index (κ2) is 16.5. The molecule has 0 spiro atoms. The predicted molar refractivity (Wildman–Crippen MR) is 325 cm³/mol. The van der Waals surface area contributed by atoms with Crippen molar-refractivity contribution in [2.75, 3.05) is 9.80 Å². The van der Waals surface area contributed by atoms with Crippen LogP contribution >= 0.6 is 11.3 Å². The van der Waals surface area contributed by atoms with Gasteiger partial charge in [0.15, 0.2) is 0 Å². The number of benzene rings is 9. The first-order valence-corrected chi connectivity index (χ1v) is 30.5. The molecule has 0 saturated heterocycles. The van der Waals surface area contributed by atoms with Crippen LogP contribution in [0.25, 0.3) is 69.0 Å². The molecule has 12 aromatic rings. The fourth-order valence-corrected chi connectivity index (χ4v) is 13.5. The second-order valence-electron chi connectivity index (χ2n) is 25.0. The molecular weight excluding hydrogens is 919 g/mol. The number of hydrogen-bond donors (Lipinski definition) is 0. The Bertz CT molecular complexity index is 4130. The quantitative estimate of drug-likeness (QED) is 0.147. The summed E-state index contributed by atoms with van der Waals surface area (Å²) in [5.41, 5.74) is 16.0. The monoisotopic (exact) mass is 985 g/mol. The van der Waals surface area contributed by atoms with Gasteiger partial charge >= 0.3 is 0 Å². The molecule has 3 aromatic heterocycles.